The number of hydrogen-bond acceptors (Lipinski definition) is 1. The highest BCUT2D eigenvalue weighted by Crippen LogP contribution is 2.61. The second-order valence-corrected chi connectivity index (χ2v) is 7.23. The van der Waals surface area contributed by atoms with Gasteiger partial charge < -0.3 is 4.74 Å². The van der Waals surface area contributed by atoms with Crippen molar-refractivity contribution in [1.82, 2.24) is 0 Å². The van der Waals surface area contributed by atoms with Crippen LogP contribution in [-0.2, 0) is 4.74 Å². The molecule has 1 nitrogen and oxygen atoms in total. The Labute approximate surface area is 118 Å². The van der Waals surface area contributed by atoms with E-state index in [-0.39, 0.29) is 0 Å². The van der Waals surface area contributed by atoms with Crippen LogP contribution >= 0.6 is 11.6 Å². The third-order valence-electron chi connectivity index (χ3n) is 5.56. The molecule has 18 heavy (non-hydrogen) atoms. The van der Waals surface area contributed by atoms with Crippen LogP contribution < -0.4 is 0 Å². The molecule has 3 atom stereocenters. The second kappa shape index (κ2) is 6.61. The van der Waals surface area contributed by atoms with Gasteiger partial charge in [0.05, 0.1) is 0 Å². The first kappa shape index (κ1) is 14.7. The zero-order chi connectivity index (χ0) is 13.0. The maximum Gasteiger partial charge on any atom is 0.0468 e. The van der Waals surface area contributed by atoms with Crippen molar-refractivity contribution in [2.75, 3.05) is 19.1 Å². The Bertz CT molecular complexity index is 249. The van der Waals surface area contributed by atoms with E-state index in [4.69, 9.17) is 16.3 Å². The van der Waals surface area contributed by atoms with Crippen molar-refractivity contribution in [2.45, 2.75) is 58.8 Å². The molecule has 2 heteroatoms. The summed E-state index contributed by atoms with van der Waals surface area (Å²) in [7, 11) is 0. The van der Waals surface area contributed by atoms with Gasteiger partial charge in [-0.1, -0.05) is 13.8 Å². The van der Waals surface area contributed by atoms with Crippen molar-refractivity contribution in [3.05, 3.63) is 0 Å². The van der Waals surface area contributed by atoms with Crippen molar-refractivity contribution < 1.29 is 4.74 Å². The number of halogens is 1. The standard InChI is InChI=1S/C16H29ClO/c1-16(2)14-7-6-13(15(16)12-14)8-11-18-10-5-3-4-9-17/h13-15H,3-12H2,1-2H3/t13-,14-,15+/m0/s1. The Morgan fingerprint density at radius 3 is 2.61 bits per heavy atom. The first-order chi connectivity index (χ1) is 8.66. The first-order valence-electron chi connectivity index (χ1n) is 7.80. The van der Waals surface area contributed by atoms with Crippen molar-refractivity contribution in [3.8, 4) is 0 Å². The van der Waals surface area contributed by atoms with E-state index < -0.39 is 0 Å². The molecule has 106 valence electrons. The van der Waals surface area contributed by atoms with Gasteiger partial charge >= 0.3 is 0 Å². The molecule has 3 saturated carbocycles. The molecule has 0 N–H and O–H groups in total. The Morgan fingerprint density at radius 1 is 1.11 bits per heavy atom. The smallest absolute Gasteiger partial charge is 0.0468 e. The van der Waals surface area contributed by atoms with E-state index in [1.807, 2.05) is 0 Å². The maximum absolute atomic E-state index is 5.77. The lowest BCUT2D eigenvalue weighted by atomic mass is 9.45. The number of hydrogen-bond donors (Lipinski definition) is 0. The van der Waals surface area contributed by atoms with E-state index in [0.717, 1.165) is 43.3 Å². The Kier molecular flexibility index (Phi) is 5.38. The molecule has 0 spiro atoms. The summed E-state index contributed by atoms with van der Waals surface area (Å²) in [6.07, 6.45) is 9.21. The molecule has 0 aliphatic heterocycles. The predicted octanol–water partition coefficient (Wildman–Crippen LogP) is 4.87. The molecule has 3 aliphatic rings. The van der Waals surface area contributed by atoms with E-state index in [9.17, 15) is 0 Å². The van der Waals surface area contributed by atoms with Crippen LogP contribution in [0.15, 0.2) is 0 Å². The van der Waals surface area contributed by atoms with E-state index in [1.165, 1.54) is 38.5 Å². The summed E-state index contributed by atoms with van der Waals surface area (Å²) in [4.78, 5) is 0. The van der Waals surface area contributed by atoms with Crippen LogP contribution in [0.25, 0.3) is 0 Å². The molecule has 0 aromatic heterocycles. The van der Waals surface area contributed by atoms with Crippen LogP contribution in [0, 0.1) is 23.2 Å². The van der Waals surface area contributed by atoms with Crippen LogP contribution in [-0.4, -0.2) is 19.1 Å². The quantitative estimate of drug-likeness (QED) is 0.452. The largest absolute Gasteiger partial charge is 0.381 e. The number of rotatable bonds is 8. The predicted molar refractivity (Wildman–Crippen MR) is 78.1 cm³/mol. The second-order valence-electron chi connectivity index (χ2n) is 6.85. The zero-order valence-corrected chi connectivity index (χ0v) is 12.8. The first-order valence-corrected chi connectivity index (χ1v) is 8.33. The normalized spacial score (nSPS) is 33.2. The summed E-state index contributed by atoms with van der Waals surface area (Å²) in [6, 6.07) is 0. The lowest BCUT2D eigenvalue weighted by Crippen LogP contribution is -2.52. The molecular formula is C16H29ClO. The van der Waals surface area contributed by atoms with Crippen molar-refractivity contribution in [2.24, 2.45) is 23.2 Å². The number of unbranched alkanes of at least 4 members (excludes halogenated alkanes) is 2. The molecule has 0 unspecified atom stereocenters. The lowest BCUT2D eigenvalue weighted by Gasteiger charge is -2.60. The molecule has 0 aromatic rings. The van der Waals surface area contributed by atoms with Crippen LogP contribution in [0.5, 0.6) is 0 Å². The van der Waals surface area contributed by atoms with Crippen LogP contribution in [0.3, 0.4) is 0 Å². The van der Waals surface area contributed by atoms with E-state index in [1.54, 1.807) is 0 Å². The molecular weight excluding hydrogens is 244 g/mol. The SMILES string of the molecule is CC1(C)[C@H]2CC[C@@H](CCOCCCCCCl)[C@H]1C2. The summed E-state index contributed by atoms with van der Waals surface area (Å²) < 4.78 is 5.77. The maximum atomic E-state index is 5.77. The summed E-state index contributed by atoms with van der Waals surface area (Å²) in [5.74, 6) is 3.74. The third kappa shape index (κ3) is 3.22. The van der Waals surface area contributed by atoms with Gasteiger partial charge in [-0.05, 0) is 68.1 Å². The average Bonchev–Trinajstić information content (AvgIpc) is 2.37. The monoisotopic (exact) mass is 272 g/mol. The summed E-state index contributed by atoms with van der Waals surface area (Å²) in [5, 5.41) is 0. The van der Waals surface area contributed by atoms with Gasteiger partial charge in [0.25, 0.3) is 0 Å². The topological polar surface area (TPSA) is 9.23 Å². The Morgan fingerprint density at radius 2 is 1.94 bits per heavy atom. The summed E-state index contributed by atoms with van der Waals surface area (Å²) in [6.45, 7) is 6.86. The molecule has 3 rings (SSSR count). The zero-order valence-electron chi connectivity index (χ0n) is 12.1. The van der Waals surface area contributed by atoms with Gasteiger partial charge in [-0.2, -0.15) is 0 Å². The van der Waals surface area contributed by atoms with Crippen LogP contribution in [0.1, 0.15) is 58.8 Å². The highest BCUT2D eigenvalue weighted by Gasteiger charge is 2.53. The molecule has 0 radical (unpaired) electrons. The van der Waals surface area contributed by atoms with Crippen LogP contribution in [0.4, 0.5) is 0 Å². The highest BCUT2D eigenvalue weighted by molar-refractivity contribution is 6.17. The molecule has 0 aromatic carbocycles. The van der Waals surface area contributed by atoms with E-state index in [0.29, 0.717) is 5.41 Å². The Hall–Kier alpha value is 0.250. The molecule has 0 saturated heterocycles. The Balaban J connectivity index is 1.54. The lowest BCUT2D eigenvalue weighted by molar-refractivity contribution is -0.111. The van der Waals surface area contributed by atoms with Gasteiger partial charge in [-0.25, -0.2) is 0 Å². The minimum atomic E-state index is 0.628. The fraction of sp³-hybridized carbons (Fsp3) is 1.00. The third-order valence-corrected chi connectivity index (χ3v) is 5.82. The van der Waals surface area contributed by atoms with Crippen molar-refractivity contribution in [1.29, 1.82) is 0 Å². The van der Waals surface area contributed by atoms with Gasteiger partial charge in [0.1, 0.15) is 0 Å². The number of fused-ring (bicyclic) bond motifs is 2. The average molecular weight is 273 g/mol. The van der Waals surface area contributed by atoms with Gasteiger partial charge in [-0.15, -0.1) is 11.6 Å². The molecule has 0 amide bonds. The van der Waals surface area contributed by atoms with Gasteiger partial charge in [0, 0.05) is 19.1 Å². The molecule has 0 heterocycles. The molecule has 3 fully saturated rings. The minimum Gasteiger partial charge on any atom is -0.381 e. The highest BCUT2D eigenvalue weighted by atomic mass is 35.5. The van der Waals surface area contributed by atoms with Gasteiger partial charge in [0.2, 0.25) is 0 Å². The fourth-order valence-electron chi connectivity index (χ4n) is 4.12. The summed E-state index contributed by atoms with van der Waals surface area (Å²) in [5.41, 5.74) is 0.628. The minimum absolute atomic E-state index is 0.628. The van der Waals surface area contributed by atoms with E-state index in [2.05, 4.69) is 13.8 Å². The number of ether oxygens (including phenoxy) is 1. The van der Waals surface area contributed by atoms with Crippen molar-refractivity contribution in [3.63, 3.8) is 0 Å². The summed E-state index contributed by atoms with van der Waals surface area (Å²) >= 11 is 5.65. The van der Waals surface area contributed by atoms with E-state index >= 15 is 0 Å². The number of alkyl halides is 1. The van der Waals surface area contributed by atoms with Crippen molar-refractivity contribution >= 4 is 11.6 Å². The fourth-order valence-corrected chi connectivity index (χ4v) is 4.31. The molecule has 2 bridgehead atoms. The molecule has 3 aliphatic carbocycles. The van der Waals surface area contributed by atoms with Gasteiger partial charge in [-0.3, -0.25) is 0 Å². The van der Waals surface area contributed by atoms with Gasteiger partial charge in [0.15, 0.2) is 0 Å². The van der Waals surface area contributed by atoms with Crippen LogP contribution in [0.2, 0.25) is 0 Å².